The second kappa shape index (κ2) is 20.7. The Labute approximate surface area is 253 Å². The summed E-state index contributed by atoms with van der Waals surface area (Å²) in [5.41, 5.74) is 0.347. The van der Waals surface area contributed by atoms with Crippen molar-refractivity contribution in [3.63, 3.8) is 0 Å². The lowest BCUT2D eigenvalue weighted by molar-refractivity contribution is -0.155. The molecule has 4 fully saturated rings. The van der Waals surface area contributed by atoms with E-state index in [1.165, 1.54) is 116 Å². The van der Waals surface area contributed by atoms with Crippen LogP contribution in [0.3, 0.4) is 0 Å². The van der Waals surface area contributed by atoms with Gasteiger partial charge >= 0.3 is 11.9 Å². The maximum atomic E-state index is 12.3. The van der Waals surface area contributed by atoms with Crippen LogP contribution in [-0.2, 0) is 19.1 Å². The minimum Gasteiger partial charge on any atom is -0.466 e. The van der Waals surface area contributed by atoms with Crippen molar-refractivity contribution in [2.75, 3.05) is 26.3 Å². The Kier molecular flexibility index (Phi) is 17.4. The zero-order valence-electron chi connectivity index (χ0n) is 26.9. The van der Waals surface area contributed by atoms with Gasteiger partial charge in [0, 0.05) is 18.3 Å². The maximum absolute atomic E-state index is 12.3. The molecule has 0 radical (unpaired) electrons. The molecule has 0 saturated heterocycles. The molecule has 5 nitrogen and oxygen atoms in total. The lowest BCUT2D eigenvalue weighted by Gasteiger charge is -2.56. The summed E-state index contributed by atoms with van der Waals surface area (Å²) in [6.45, 7) is 5.74. The van der Waals surface area contributed by atoms with Crippen LogP contribution in [0.1, 0.15) is 167 Å². The van der Waals surface area contributed by atoms with Crippen molar-refractivity contribution in [1.29, 1.82) is 0 Å². The van der Waals surface area contributed by atoms with Crippen molar-refractivity contribution in [1.82, 2.24) is 5.32 Å². The van der Waals surface area contributed by atoms with Crippen LogP contribution in [0.15, 0.2) is 0 Å². The van der Waals surface area contributed by atoms with Gasteiger partial charge in [0.25, 0.3) is 0 Å². The molecule has 0 aromatic heterocycles. The standard InChI is InChI=1S/C36H65NO4/c1-2-3-4-5-6-13-18-23-40-34(38)19-14-9-7-11-16-21-37-22-17-12-8-10-15-20-35(39)41-30-36-27-31-24-32(28-36)26-33(25-31)29-36/h31-33,37H,2-30H2,1H3. The summed E-state index contributed by atoms with van der Waals surface area (Å²) in [6, 6.07) is 0. The van der Waals surface area contributed by atoms with Crippen LogP contribution in [0.5, 0.6) is 0 Å². The Morgan fingerprint density at radius 1 is 0.585 bits per heavy atom. The highest BCUT2D eigenvalue weighted by molar-refractivity contribution is 5.69. The molecule has 238 valence electrons. The number of nitrogens with one attached hydrogen (secondary N) is 1. The molecule has 4 aliphatic carbocycles. The van der Waals surface area contributed by atoms with Crippen LogP contribution in [0.2, 0.25) is 0 Å². The zero-order chi connectivity index (χ0) is 29.0. The number of carbonyl (C=O) groups excluding carboxylic acids is 2. The highest BCUT2D eigenvalue weighted by atomic mass is 16.5. The predicted molar refractivity (Wildman–Crippen MR) is 169 cm³/mol. The minimum atomic E-state index is -0.00922. The van der Waals surface area contributed by atoms with Crippen molar-refractivity contribution in [3.8, 4) is 0 Å². The smallest absolute Gasteiger partial charge is 0.305 e. The van der Waals surface area contributed by atoms with E-state index in [1.807, 2.05) is 0 Å². The molecule has 5 heteroatoms. The molecule has 4 saturated carbocycles. The first-order chi connectivity index (χ1) is 20.1. The van der Waals surface area contributed by atoms with E-state index < -0.39 is 0 Å². The summed E-state index contributed by atoms with van der Waals surface area (Å²) >= 11 is 0. The summed E-state index contributed by atoms with van der Waals surface area (Å²) in [4.78, 5) is 24.2. The van der Waals surface area contributed by atoms with E-state index in [-0.39, 0.29) is 11.9 Å². The summed E-state index contributed by atoms with van der Waals surface area (Å²) in [7, 11) is 0. The van der Waals surface area contributed by atoms with Crippen molar-refractivity contribution < 1.29 is 19.1 Å². The van der Waals surface area contributed by atoms with Crippen LogP contribution in [-0.4, -0.2) is 38.2 Å². The lowest BCUT2D eigenvalue weighted by atomic mass is 9.50. The first kappa shape index (κ1) is 34.4. The Bertz CT molecular complexity index is 672. The fourth-order valence-electron chi connectivity index (χ4n) is 8.31. The maximum Gasteiger partial charge on any atom is 0.305 e. The van der Waals surface area contributed by atoms with Gasteiger partial charge in [-0.25, -0.2) is 0 Å². The molecular weight excluding hydrogens is 510 g/mol. The molecule has 0 heterocycles. The monoisotopic (exact) mass is 575 g/mol. The molecule has 1 N–H and O–H groups in total. The van der Waals surface area contributed by atoms with E-state index >= 15 is 0 Å². The number of rotatable bonds is 26. The third-order valence-electron chi connectivity index (χ3n) is 10.2. The van der Waals surface area contributed by atoms with Crippen molar-refractivity contribution in [2.45, 2.75) is 167 Å². The molecular formula is C36H65NO4. The first-order valence-corrected chi connectivity index (χ1v) is 18.1. The molecule has 0 aliphatic heterocycles. The first-order valence-electron chi connectivity index (χ1n) is 18.1. The zero-order valence-corrected chi connectivity index (χ0v) is 26.9. The number of esters is 2. The Morgan fingerprint density at radius 2 is 1.02 bits per heavy atom. The highest BCUT2D eigenvalue weighted by Crippen LogP contribution is 2.60. The Hall–Kier alpha value is -1.10. The van der Waals surface area contributed by atoms with E-state index in [9.17, 15) is 9.59 Å². The number of hydrogen-bond acceptors (Lipinski definition) is 5. The van der Waals surface area contributed by atoms with E-state index in [0.29, 0.717) is 31.5 Å². The largest absolute Gasteiger partial charge is 0.466 e. The van der Waals surface area contributed by atoms with Crippen molar-refractivity contribution >= 4 is 11.9 Å². The Morgan fingerprint density at radius 3 is 1.56 bits per heavy atom. The molecule has 4 bridgehead atoms. The van der Waals surface area contributed by atoms with Gasteiger partial charge in [-0.2, -0.15) is 0 Å². The summed E-state index contributed by atoms with van der Waals surface area (Å²) in [5, 5.41) is 3.57. The molecule has 0 aromatic rings. The van der Waals surface area contributed by atoms with Gasteiger partial charge in [0.15, 0.2) is 0 Å². The van der Waals surface area contributed by atoms with Crippen LogP contribution in [0.4, 0.5) is 0 Å². The molecule has 0 spiro atoms. The molecule has 41 heavy (non-hydrogen) atoms. The average Bonchev–Trinajstić information content (AvgIpc) is 2.94. The SMILES string of the molecule is CCCCCCCCCOC(=O)CCCCCCCNCCCCCCCC(=O)OCC12CC3CC(CC(C3)C1)C2. The number of hydrogen-bond donors (Lipinski definition) is 1. The topological polar surface area (TPSA) is 64.6 Å². The second-order valence-corrected chi connectivity index (χ2v) is 14.2. The van der Waals surface area contributed by atoms with E-state index in [1.54, 1.807) is 0 Å². The van der Waals surface area contributed by atoms with Gasteiger partial charge in [0.05, 0.1) is 13.2 Å². The molecule has 0 aromatic carbocycles. The van der Waals surface area contributed by atoms with Gasteiger partial charge in [0.1, 0.15) is 0 Å². The lowest BCUT2D eigenvalue weighted by Crippen LogP contribution is -2.48. The Balaban J connectivity index is 0.992. The summed E-state index contributed by atoms with van der Waals surface area (Å²) in [5.74, 6) is 2.80. The van der Waals surface area contributed by atoms with Gasteiger partial charge < -0.3 is 14.8 Å². The average molecular weight is 576 g/mol. The molecule has 0 unspecified atom stereocenters. The quantitative estimate of drug-likeness (QED) is 0.0822. The normalized spacial score (nSPS) is 24.6. The van der Waals surface area contributed by atoms with Gasteiger partial charge in [0.2, 0.25) is 0 Å². The van der Waals surface area contributed by atoms with E-state index in [4.69, 9.17) is 9.47 Å². The van der Waals surface area contributed by atoms with Crippen LogP contribution >= 0.6 is 0 Å². The summed E-state index contributed by atoms with van der Waals surface area (Å²) in [6.07, 6.45) is 29.8. The fourth-order valence-corrected chi connectivity index (χ4v) is 8.31. The minimum absolute atomic E-state index is 0.00922. The van der Waals surface area contributed by atoms with Gasteiger partial charge in [-0.1, -0.05) is 84.0 Å². The fraction of sp³-hybridized carbons (Fsp3) is 0.944. The number of unbranched alkanes of at least 4 members (excludes halogenated alkanes) is 14. The van der Waals surface area contributed by atoms with Gasteiger partial charge in [-0.05, 0) is 101 Å². The highest BCUT2D eigenvalue weighted by Gasteiger charge is 2.51. The molecule has 0 atom stereocenters. The van der Waals surface area contributed by atoms with Gasteiger partial charge in [-0.3, -0.25) is 9.59 Å². The molecule has 4 aliphatic rings. The van der Waals surface area contributed by atoms with Crippen LogP contribution in [0.25, 0.3) is 0 Å². The third kappa shape index (κ3) is 14.8. The van der Waals surface area contributed by atoms with Crippen LogP contribution in [0, 0.1) is 23.2 Å². The third-order valence-corrected chi connectivity index (χ3v) is 10.2. The van der Waals surface area contributed by atoms with Gasteiger partial charge in [-0.15, -0.1) is 0 Å². The van der Waals surface area contributed by atoms with E-state index in [2.05, 4.69) is 12.2 Å². The van der Waals surface area contributed by atoms with Crippen molar-refractivity contribution in [3.05, 3.63) is 0 Å². The molecule has 0 amide bonds. The van der Waals surface area contributed by atoms with Crippen molar-refractivity contribution in [2.24, 2.45) is 23.2 Å². The van der Waals surface area contributed by atoms with E-state index in [0.717, 1.165) is 62.9 Å². The van der Waals surface area contributed by atoms with Crippen LogP contribution < -0.4 is 5.32 Å². The summed E-state index contributed by atoms with van der Waals surface area (Å²) < 4.78 is 11.2. The second-order valence-electron chi connectivity index (χ2n) is 14.2. The predicted octanol–water partition coefficient (Wildman–Crippen LogP) is 9.31. The number of carbonyl (C=O) groups is 2. The molecule has 4 rings (SSSR count). The number of ether oxygens (including phenoxy) is 2.